The van der Waals surface area contributed by atoms with Crippen LogP contribution in [0, 0.1) is 0 Å². The highest BCUT2D eigenvalue weighted by atomic mass is 32.1. The van der Waals surface area contributed by atoms with Crippen molar-refractivity contribution in [2.75, 3.05) is 0 Å². The molecule has 1 rings (SSSR count). The highest BCUT2D eigenvalue weighted by Crippen LogP contribution is 2.23. The van der Waals surface area contributed by atoms with Gasteiger partial charge in [-0.1, -0.05) is 0 Å². The van der Waals surface area contributed by atoms with Gasteiger partial charge in [0.25, 0.3) is 5.17 Å². The van der Waals surface area contributed by atoms with Gasteiger partial charge in [-0.05, 0) is 38.9 Å². The zero-order valence-corrected chi connectivity index (χ0v) is 7.20. The number of hydrogen-bond donors (Lipinski definition) is 1. The van der Waals surface area contributed by atoms with Gasteiger partial charge < -0.3 is 10.1 Å². The number of rotatable bonds is 2. The molecule has 0 amide bonds. The Morgan fingerprint density at radius 2 is 2.20 bits per heavy atom. The van der Waals surface area contributed by atoms with Crippen molar-refractivity contribution in [2.45, 2.75) is 38.8 Å². The van der Waals surface area contributed by atoms with Gasteiger partial charge in [-0.25, -0.2) is 0 Å². The summed E-state index contributed by atoms with van der Waals surface area (Å²) in [5, 5.41) is 3.58. The predicted molar refractivity (Wildman–Crippen MR) is 45.0 cm³/mol. The van der Waals surface area contributed by atoms with Gasteiger partial charge in [-0.3, -0.25) is 0 Å². The summed E-state index contributed by atoms with van der Waals surface area (Å²) >= 11 is 4.91. The highest BCUT2D eigenvalue weighted by Gasteiger charge is 2.24. The van der Waals surface area contributed by atoms with E-state index in [1.807, 2.05) is 13.8 Å². The fraction of sp³-hybridized carbons (Fsp3) is 0.857. The molecule has 1 aliphatic rings. The Hall–Kier alpha value is -0.310. The molecule has 0 atom stereocenters. The summed E-state index contributed by atoms with van der Waals surface area (Å²) in [6, 6.07) is 0.381. The summed E-state index contributed by atoms with van der Waals surface area (Å²) in [6.07, 6.45) is 2.75. The zero-order valence-electron chi connectivity index (χ0n) is 6.39. The summed E-state index contributed by atoms with van der Waals surface area (Å²) in [7, 11) is 0. The topological polar surface area (TPSA) is 21.3 Å². The maximum atomic E-state index is 5.29. The molecule has 1 saturated carbocycles. The molecule has 0 heterocycles. The second-order valence-electron chi connectivity index (χ2n) is 2.90. The molecule has 1 fully saturated rings. The van der Waals surface area contributed by atoms with Crippen molar-refractivity contribution in [1.29, 1.82) is 0 Å². The Bertz CT molecular complexity index is 126. The van der Waals surface area contributed by atoms with Crippen LogP contribution in [0.3, 0.4) is 0 Å². The number of thiocarbonyl (C=S) groups is 1. The maximum absolute atomic E-state index is 5.29. The largest absolute Gasteiger partial charge is 0.468 e. The lowest BCUT2D eigenvalue weighted by molar-refractivity contribution is 0.280. The Morgan fingerprint density at radius 1 is 1.60 bits per heavy atom. The Kier molecular flexibility index (Phi) is 2.49. The molecule has 0 unspecified atom stereocenters. The molecule has 0 bridgehead atoms. The minimum absolute atomic E-state index is 0.381. The quantitative estimate of drug-likeness (QED) is 0.616. The van der Waals surface area contributed by atoms with Crippen molar-refractivity contribution >= 4 is 17.4 Å². The highest BCUT2D eigenvalue weighted by molar-refractivity contribution is 7.80. The monoisotopic (exact) mass is 159 g/mol. The SMILES string of the molecule is CC(C)NC(=S)OC1CC1. The first kappa shape index (κ1) is 7.79. The maximum Gasteiger partial charge on any atom is 0.257 e. The van der Waals surface area contributed by atoms with E-state index in [2.05, 4.69) is 5.32 Å². The van der Waals surface area contributed by atoms with Crippen LogP contribution in [0.4, 0.5) is 0 Å². The fourth-order valence-electron chi connectivity index (χ4n) is 0.607. The predicted octanol–water partition coefficient (Wildman–Crippen LogP) is 1.45. The van der Waals surface area contributed by atoms with Crippen LogP contribution in [0.15, 0.2) is 0 Å². The first-order valence-electron chi connectivity index (χ1n) is 3.65. The fourth-order valence-corrected chi connectivity index (χ4v) is 0.979. The molecule has 2 nitrogen and oxygen atoms in total. The van der Waals surface area contributed by atoms with Gasteiger partial charge in [-0.2, -0.15) is 0 Å². The number of ether oxygens (including phenoxy) is 1. The third-order valence-electron chi connectivity index (χ3n) is 1.20. The van der Waals surface area contributed by atoms with Crippen molar-refractivity contribution in [3.05, 3.63) is 0 Å². The summed E-state index contributed by atoms with van der Waals surface area (Å²) in [6.45, 7) is 4.09. The van der Waals surface area contributed by atoms with E-state index in [4.69, 9.17) is 17.0 Å². The first-order valence-corrected chi connectivity index (χ1v) is 4.06. The first-order chi connectivity index (χ1) is 4.68. The summed E-state index contributed by atoms with van der Waals surface area (Å²) < 4.78 is 5.29. The summed E-state index contributed by atoms with van der Waals surface area (Å²) in [5.74, 6) is 0. The van der Waals surface area contributed by atoms with Crippen LogP contribution >= 0.6 is 12.2 Å². The third-order valence-corrected chi connectivity index (χ3v) is 1.42. The van der Waals surface area contributed by atoms with Crippen LogP contribution in [0.5, 0.6) is 0 Å². The van der Waals surface area contributed by atoms with Gasteiger partial charge in [0.1, 0.15) is 6.10 Å². The average molecular weight is 159 g/mol. The van der Waals surface area contributed by atoms with E-state index in [1.165, 1.54) is 12.8 Å². The van der Waals surface area contributed by atoms with Gasteiger partial charge in [0.05, 0.1) is 0 Å². The van der Waals surface area contributed by atoms with Gasteiger partial charge in [0.15, 0.2) is 0 Å². The second kappa shape index (κ2) is 3.19. The minimum Gasteiger partial charge on any atom is -0.468 e. The molecule has 0 aliphatic heterocycles. The van der Waals surface area contributed by atoms with Gasteiger partial charge in [-0.15, -0.1) is 0 Å². The van der Waals surface area contributed by atoms with Crippen LogP contribution < -0.4 is 5.32 Å². The van der Waals surface area contributed by atoms with Gasteiger partial charge >= 0.3 is 0 Å². The second-order valence-corrected chi connectivity index (χ2v) is 3.27. The molecule has 3 heteroatoms. The van der Waals surface area contributed by atoms with E-state index in [9.17, 15) is 0 Å². The van der Waals surface area contributed by atoms with Crippen LogP contribution in [0.25, 0.3) is 0 Å². The Balaban J connectivity index is 2.08. The normalized spacial score (nSPS) is 17.1. The van der Waals surface area contributed by atoms with E-state index < -0.39 is 0 Å². The lowest BCUT2D eigenvalue weighted by atomic mass is 10.4. The van der Waals surface area contributed by atoms with Crippen molar-refractivity contribution in [2.24, 2.45) is 0 Å². The summed E-state index contributed by atoms with van der Waals surface area (Å²) in [4.78, 5) is 0. The van der Waals surface area contributed by atoms with Crippen LogP contribution in [0.1, 0.15) is 26.7 Å². The average Bonchev–Trinajstić information content (AvgIpc) is 2.46. The van der Waals surface area contributed by atoms with E-state index in [0.29, 0.717) is 17.3 Å². The molecule has 10 heavy (non-hydrogen) atoms. The van der Waals surface area contributed by atoms with E-state index in [0.717, 1.165) is 0 Å². The zero-order chi connectivity index (χ0) is 7.56. The molecule has 58 valence electrons. The van der Waals surface area contributed by atoms with Crippen molar-refractivity contribution in [3.8, 4) is 0 Å². The van der Waals surface area contributed by atoms with Crippen LogP contribution in [-0.4, -0.2) is 17.3 Å². The molecular formula is C7H13NOS. The molecule has 0 aromatic rings. The van der Waals surface area contributed by atoms with Crippen molar-refractivity contribution in [1.82, 2.24) is 5.32 Å². The molecule has 1 N–H and O–H groups in total. The van der Waals surface area contributed by atoms with E-state index in [-0.39, 0.29) is 0 Å². The minimum atomic E-state index is 0.381. The summed E-state index contributed by atoms with van der Waals surface area (Å²) in [5.41, 5.74) is 0. The molecule has 0 aromatic heterocycles. The van der Waals surface area contributed by atoms with E-state index >= 15 is 0 Å². The molecule has 0 spiro atoms. The molecule has 0 saturated heterocycles. The Morgan fingerprint density at radius 3 is 2.60 bits per heavy atom. The lowest BCUT2D eigenvalue weighted by Crippen LogP contribution is -2.30. The number of hydrogen-bond acceptors (Lipinski definition) is 2. The van der Waals surface area contributed by atoms with Crippen molar-refractivity contribution < 1.29 is 4.74 Å². The molecule has 0 radical (unpaired) electrons. The van der Waals surface area contributed by atoms with Gasteiger partial charge in [0.2, 0.25) is 0 Å². The smallest absolute Gasteiger partial charge is 0.257 e. The number of nitrogens with one attached hydrogen (secondary N) is 1. The standard InChI is InChI=1S/C7H13NOS/c1-5(2)8-7(10)9-6-3-4-6/h5-6H,3-4H2,1-2H3,(H,8,10). The van der Waals surface area contributed by atoms with Crippen molar-refractivity contribution in [3.63, 3.8) is 0 Å². The third kappa shape index (κ3) is 3.01. The lowest BCUT2D eigenvalue weighted by Gasteiger charge is -2.10. The molecular weight excluding hydrogens is 146 g/mol. The van der Waals surface area contributed by atoms with Crippen LogP contribution in [0.2, 0.25) is 0 Å². The van der Waals surface area contributed by atoms with Gasteiger partial charge in [0, 0.05) is 6.04 Å². The van der Waals surface area contributed by atoms with E-state index in [1.54, 1.807) is 0 Å². The Labute approximate surface area is 66.9 Å². The van der Waals surface area contributed by atoms with Crippen LogP contribution in [-0.2, 0) is 4.74 Å². The molecule has 1 aliphatic carbocycles. The molecule has 0 aromatic carbocycles.